The first-order chi connectivity index (χ1) is 11.2. The van der Waals surface area contributed by atoms with Gasteiger partial charge in [-0.2, -0.15) is 0 Å². The second kappa shape index (κ2) is 8.64. The number of hydroxylamine groups is 1. The number of nitrogens with one attached hydrogen (secondary N) is 1. The van der Waals surface area contributed by atoms with Crippen molar-refractivity contribution >= 4 is 16.9 Å². The minimum atomic E-state index is -0.728. The van der Waals surface area contributed by atoms with Gasteiger partial charge < -0.3 is 10.3 Å². The quantitative estimate of drug-likeness (QED) is 0.376. The number of imidazole rings is 1. The molecule has 1 aromatic carbocycles. The Hall–Kier alpha value is -1.92. The van der Waals surface area contributed by atoms with E-state index < -0.39 is 11.9 Å². The van der Waals surface area contributed by atoms with E-state index in [1.54, 1.807) is 5.48 Å². The number of carbonyl (C=O) groups is 1. The number of nitrogens with zero attached hydrogens (tertiary/aromatic N) is 2. The monoisotopic (exact) mass is 318 g/mol. The summed E-state index contributed by atoms with van der Waals surface area (Å²) in [5, 5.41) is 8.64. The molecule has 1 amide bonds. The lowest BCUT2D eigenvalue weighted by Gasteiger charge is -2.11. The number of hydrogen-bond donors (Lipinski definition) is 3. The van der Waals surface area contributed by atoms with Crippen molar-refractivity contribution in [1.29, 1.82) is 0 Å². The Morgan fingerprint density at radius 3 is 2.87 bits per heavy atom. The lowest BCUT2D eigenvalue weighted by Crippen LogP contribution is -2.39. The maximum atomic E-state index is 11.3. The van der Waals surface area contributed by atoms with E-state index in [0.717, 1.165) is 29.8 Å². The maximum Gasteiger partial charge on any atom is 0.260 e. The predicted molar refractivity (Wildman–Crippen MR) is 90.1 cm³/mol. The maximum absolute atomic E-state index is 11.3. The van der Waals surface area contributed by atoms with Gasteiger partial charge in [0.15, 0.2) is 0 Å². The van der Waals surface area contributed by atoms with Gasteiger partial charge in [-0.25, -0.2) is 10.5 Å². The van der Waals surface area contributed by atoms with Gasteiger partial charge >= 0.3 is 0 Å². The van der Waals surface area contributed by atoms with Gasteiger partial charge in [-0.1, -0.05) is 38.3 Å². The number of carbonyl (C=O) groups excluding carboxylic acids is 1. The fourth-order valence-electron chi connectivity index (χ4n) is 2.76. The van der Waals surface area contributed by atoms with Crippen LogP contribution in [0.4, 0.5) is 0 Å². The van der Waals surface area contributed by atoms with Crippen molar-refractivity contribution < 1.29 is 10.0 Å². The van der Waals surface area contributed by atoms with Crippen molar-refractivity contribution in [3.63, 3.8) is 0 Å². The van der Waals surface area contributed by atoms with Crippen LogP contribution < -0.4 is 11.2 Å². The van der Waals surface area contributed by atoms with Crippen LogP contribution in [0.25, 0.3) is 11.0 Å². The number of unbranched alkanes of at least 4 members (excludes halogenated alkanes) is 3. The highest BCUT2D eigenvalue weighted by Crippen LogP contribution is 2.18. The first-order valence-electron chi connectivity index (χ1n) is 8.31. The van der Waals surface area contributed by atoms with Crippen LogP contribution in [-0.2, 0) is 17.8 Å². The van der Waals surface area contributed by atoms with E-state index in [1.165, 1.54) is 19.3 Å². The van der Waals surface area contributed by atoms with Gasteiger partial charge in [0.05, 0.1) is 17.1 Å². The van der Waals surface area contributed by atoms with Crippen LogP contribution >= 0.6 is 0 Å². The molecule has 0 spiro atoms. The van der Waals surface area contributed by atoms with Crippen molar-refractivity contribution in [3.05, 3.63) is 30.1 Å². The Labute approximate surface area is 136 Å². The molecule has 1 atom stereocenters. The van der Waals surface area contributed by atoms with Crippen LogP contribution in [0.2, 0.25) is 0 Å². The molecule has 23 heavy (non-hydrogen) atoms. The van der Waals surface area contributed by atoms with E-state index in [0.29, 0.717) is 12.8 Å². The molecule has 6 nitrogen and oxygen atoms in total. The molecule has 1 aromatic heterocycles. The average molecular weight is 318 g/mol. The predicted octanol–water partition coefficient (Wildman–Crippen LogP) is 2.38. The fraction of sp³-hybridized carbons (Fsp3) is 0.529. The molecule has 0 radical (unpaired) electrons. The van der Waals surface area contributed by atoms with Gasteiger partial charge in [0.25, 0.3) is 5.91 Å². The zero-order valence-corrected chi connectivity index (χ0v) is 13.7. The van der Waals surface area contributed by atoms with E-state index in [4.69, 9.17) is 10.9 Å². The van der Waals surface area contributed by atoms with E-state index in [1.807, 2.05) is 18.2 Å². The van der Waals surface area contributed by atoms with Crippen molar-refractivity contribution in [1.82, 2.24) is 15.0 Å². The molecule has 0 bridgehead atoms. The smallest absolute Gasteiger partial charge is 0.260 e. The number of para-hydroxylation sites is 2. The Balaban J connectivity index is 2.12. The van der Waals surface area contributed by atoms with Crippen molar-refractivity contribution in [3.8, 4) is 0 Å². The molecule has 0 fully saturated rings. The molecule has 6 heteroatoms. The number of amides is 1. The Bertz CT molecular complexity index is 639. The van der Waals surface area contributed by atoms with Gasteiger partial charge in [-0.15, -0.1) is 0 Å². The fourth-order valence-corrected chi connectivity index (χ4v) is 2.76. The first kappa shape index (κ1) is 17.4. The summed E-state index contributed by atoms with van der Waals surface area (Å²) in [5.74, 6) is 0.388. The van der Waals surface area contributed by atoms with Gasteiger partial charge in [0, 0.05) is 13.0 Å². The third-order valence-corrected chi connectivity index (χ3v) is 4.09. The second-order valence-electron chi connectivity index (χ2n) is 5.85. The highest BCUT2D eigenvalue weighted by molar-refractivity contribution is 5.80. The summed E-state index contributed by atoms with van der Waals surface area (Å²) in [6.45, 7) is 3.13. The number of aryl methyl sites for hydroxylation is 2. The Morgan fingerprint density at radius 1 is 1.35 bits per heavy atom. The van der Waals surface area contributed by atoms with E-state index >= 15 is 0 Å². The minimum absolute atomic E-state index is 0.449. The van der Waals surface area contributed by atoms with Crippen LogP contribution in [0.1, 0.15) is 44.9 Å². The molecule has 1 unspecified atom stereocenters. The molecule has 2 rings (SSSR count). The van der Waals surface area contributed by atoms with E-state index in [-0.39, 0.29) is 0 Å². The highest BCUT2D eigenvalue weighted by atomic mass is 16.5. The summed E-state index contributed by atoms with van der Waals surface area (Å²) in [6, 6.07) is 7.34. The highest BCUT2D eigenvalue weighted by Gasteiger charge is 2.16. The molecule has 4 N–H and O–H groups in total. The van der Waals surface area contributed by atoms with E-state index in [2.05, 4.69) is 22.5 Å². The summed E-state index contributed by atoms with van der Waals surface area (Å²) in [7, 11) is 0. The Morgan fingerprint density at radius 2 is 2.13 bits per heavy atom. The summed E-state index contributed by atoms with van der Waals surface area (Å²) >= 11 is 0. The second-order valence-corrected chi connectivity index (χ2v) is 5.85. The normalized spacial score (nSPS) is 12.5. The number of hydrogen-bond acceptors (Lipinski definition) is 4. The average Bonchev–Trinajstić information content (AvgIpc) is 2.93. The summed E-state index contributed by atoms with van der Waals surface area (Å²) in [4.78, 5) is 16.0. The van der Waals surface area contributed by atoms with Crippen LogP contribution in [0.15, 0.2) is 24.3 Å². The lowest BCUT2D eigenvalue weighted by molar-refractivity contribution is -0.130. The number of rotatable bonds is 9. The molecule has 1 heterocycles. The number of nitrogens with two attached hydrogens (primary N) is 1. The van der Waals surface area contributed by atoms with E-state index in [9.17, 15) is 4.79 Å². The number of fused-ring (bicyclic) bond motifs is 1. The SMILES string of the molecule is CCCCCCn1c(CCC(N)C(=O)NO)nc2ccccc21. The van der Waals surface area contributed by atoms with Gasteiger partial charge in [-0.3, -0.25) is 10.0 Å². The van der Waals surface area contributed by atoms with Crippen molar-refractivity contribution in [2.75, 3.05) is 0 Å². The molecule has 0 aliphatic rings. The molecular formula is C17H26N4O2. The minimum Gasteiger partial charge on any atom is -0.328 e. The topological polar surface area (TPSA) is 93.2 Å². The lowest BCUT2D eigenvalue weighted by atomic mass is 10.1. The van der Waals surface area contributed by atoms with Gasteiger partial charge in [0.2, 0.25) is 0 Å². The summed E-state index contributed by atoms with van der Waals surface area (Å²) in [5.41, 5.74) is 9.44. The summed E-state index contributed by atoms with van der Waals surface area (Å²) < 4.78 is 2.23. The zero-order chi connectivity index (χ0) is 16.7. The molecule has 0 aliphatic carbocycles. The van der Waals surface area contributed by atoms with Gasteiger partial charge in [-0.05, 0) is 25.0 Å². The van der Waals surface area contributed by atoms with Crippen molar-refractivity contribution in [2.24, 2.45) is 5.73 Å². The van der Waals surface area contributed by atoms with Crippen LogP contribution in [0, 0.1) is 0 Å². The molecular weight excluding hydrogens is 292 g/mol. The number of aromatic nitrogens is 2. The van der Waals surface area contributed by atoms with Crippen LogP contribution in [0.5, 0.6) is 0 Å². The molecule has 0 saturated heterocycles. The van der Waals surface area contributed by atoms with Crippen LogP contribution in [-0.4, -0.2) is 26.7 Å². The molecule has 0 saturated carbocycles. The third-order valence-electron chi connectivity index (χ3n) is 4.09. The summed E-state index contributed by atoms with van der Waals surface area (Å²) in [6.07, 6.45) is 5.83. The number of benzene rings is 1. The first-order valence-corrected chi connectivity index (χ1v) is 8.31. The van der Waals surface area contributed by atoms with Crippen molar-refractivity contribution in [2.45, 2.75) is 58.0 Å². The molecule has 126 valence electrons. The standard InChI is InChI=1S/C17H26N4O2/c1-2-3-4-7-12-21-15-9-6-5-8-14(15)19-16(21)11-10-13(18)17(22)20-23/h5-6,8-9,13,23H,2-4,7,10-12,18H2,1H3,(H,20,22). The Kier molecular flexibility index (Phi) is 6.55. The third kappa shape index (κ3) is 4.53. The molecule has 0 aliphatic heterocycles. The molecule has 2 aromatic rings. The largest absolute Gasteiger partial charge is 0.328 e. The van der Waals surface area contributed by atoms with Gasteiger partial charge in [0.1, 0.15) is 5.82 Å². The zero-order valence-electron chi connectivity index (χ0n) is 13.7. The van der Waals surface area contributed by atoms with Crippen LogP contribution in [0.3, 0.4) is 0 Å².